The summed E-state index contributed by atoms with van der Waals surface area (Å²) in [5.74, 6) is 0.618. The molecule has 1 amide bonds. The van der Waals surface area contributed by atoms with Gasteiger partial charge >= 0.3 is 0 Å². The highest BCUT2D eigenvalue weighted by Crippen LogP contribution is 2.19. The lowest BCUT2D eigenvalue weighted by Gasteiger charge is -2.16. The molecule has 0 spiro atoms. The van der Waals surface area contributed by atoms with Gasteiger partial charge < -0.3 is 10.6 Å². The zero-order chi connectivity index (χ0) is 10.8. The maximum Gasteiger partial charge on any atom is 0.291 e. The Morgan fingerprint density at radius 3 is 3.13 bits per heavy atom. The Bertz CT molecular complexity index is 334. The number of carbonyl (C=O) groups excluding carboxylic acids is 1. The van der Waals surface area contributed by atoms with Crippen LogP contribution in [-0.4, -0.2) is 45.1 Å². The van der Waals surface area contributed by atoms with Crippen LogP contribution in [0.4, 0.5) is 0 Å². The maximum atomic E-state index is 11.8. The minimum Gasteiger partial charge on any atom is -0.336 e. The zero-order valence-corrected chi connectivity index (χ0v) is 8.68. The minimum absolute atomic E-state index is 0.0874. The van der Waals surface area contributed by atoms with E-state index in [0.717, 1.165) is 19.5 Å². The van der Waals surface area contributed by atoms with Crippen LogP contribution < -0.4 is 5.73 Å². The van der Waals surface area contributed by atoms with Gasteiger partial charge in [0.05, 0.1) is 0 Å². The second-order valence-corrected chi connectivity index (χ2v) is 3.99. The van der Waals surface area contributed by atoms with Crippen molar-refractivity contribution < 1.29 is 4.79 Å². The van der Waals surface area contributed by atoms with Crippen molar-refractivity contribution in [2.24, 2.45) is 11.7 Å². The van der Waals surface area contributed by atoms with E-state index in [2.05, 4.69) is 15.2 Å². The highest BCUT2D eigenvalue weighted by Gasteiger charge is 2.29. The van der Waals surface area contributed by atoms with Gasteiger partial charge in [0, 0.05) is 19.1 Å². The number of nitrogens with zero attached hydrogens (tertiary/aromatic N) is 3. The van der Waals surface area contributed by atoms with Crippen LogP contribution in [0.3, 0.4) is 0 Å². The van der Waals surface area contributed by atoms with Crippen molar-refractivity contribution in [2.75, 3.05) is 13.1 Å². The summed E-state index contributed by atoms with van der Waals surface area (Å²) < 4.78 is 0. The summed E-state index contributed by atoms with van der Waals surface area (Å²) in [5, 5.41) is 6.23. The van der Waals surface area contributed by atoms with Gasteiger partial charge in [-0.05, 0) is 19.3 Å². The maximum absolute atomic E-state index is 11.8. The first-order chi connectivity index (χ1) is 7.18. The Morgan fingerprint density at radius 2 is 2.60 bits per heavy atom. The number of aromatic nitrogens is 3. The highest BCUT2D eigenvalue weighted by molar-refractivity contribution is 5.90. The van der Waals surface area contributed by atoms with Gasteiger partial charge in [-0.3, -0.25) is 9.89 Å². The third-order valence-electron chi connectivity index (χ3n) is 2.87. The van der Waals surface area contributed by atoms with Crippen molar-refractivity contribution in [1.29, 1.82) is 0 Å². The van der Waals surface area contributed by atoms with E-state index in [9.17, 15) is 4.79 Å². The number of nitrogens with one attached hydrogen (secondary N) is 1. The van der Waals surface area contributed by atoms with Crippen LogP contribution in [0.1, 0.15) is 24.0 Å². The zero-order valence-electron chi connectivity index (χ0n) is 8.68. The number of likely N-dealkylation sites (tertiary alicyclic amines) is 1. The molecule has 6 heteroatoms. The van der Waals surface area contributed by atoms with Gasteiger partial charge in [-0.1, -0.05) is 0 Å². The van der Waals surface area contributed by atoms with Gasteiger partial charge in [-0.25, -0.2) is 4.98 Å². The Morgan fingerprint density at radius 1 is 1.80 bits per heavy atom. The molecule has 0 bridgehead atoms. The van der Waals surface area contributed by atoms with Gasteiger partial charge in [0.1, 0.15) is 6.33 Å². The quantitative estimate of drug-likeness (QED) is 0.694. The summed E-state index contributed by atoms with van der Waals surface area (Å²) in [6.07, 6.45) is 2.31. The van der Waals surface area contributed by atoms with E-state index in [1.807, 2.05) is 6.92 Å². The van der Waals surface area contributed by atoms with Crippen LogP contribution in [0.2, 0.25) is 0 Å². The minimum atomic E-state index is -0.0874. The molecule has 0 aromatic carbocycles. The standard InChI is InChI=1S/C9H15N5O/c1-6(10)7-2-3-14(4-7)9(15)8-11-5-12-13-8/h5-7H,2-4,10H2,1H3,(H,11,12,13). The molecule has 2 unspecified atom stereocenters. The van der Waals surface area contributed by atoms with Gasteiger partial charge in [0.25, 0.3) is 5.91 Å². The number of H-pyrrole nitrogens is 1. The molecule has 1 aliphatic heterocycles. The van der Waals surface area contributed by atoms with E-state index in [1.54, 1.807) is 4.90 Å². The van der Waals surface area contributed by atoms with Crippen LogP contribution in [-0.2, 0) is 0 Å². The van der Waals surface area contributed by atoms with Crippen molar-refractivity contribution in [3.05, 3.63) is 12.2 Å². The molecule has 1 saturated heterocycles. The molecule has 3 N–H and O–H groups in total. The van der Waals surface area contributed by atoms with Crippen LogP contribution >= 0.6 is 0 Å². The molecule has 0 radical (unpaired) electrons. The summed E-state index contributed by atoms with van der Waals surface area (Å²) >= 11 is 0. The second kappa shape index (κ2) is 3.98. The molecular formula is C9H15N5O. The van der Waals surface area contributed by atoms with E-state index in [-0.39, 0.29) is 11.9 Å². The van der Waals surface area contributed by atoms with Crippen LogP contribution in [0, 0.1) is 5.92 Å². The molecule has 6 nitrogen and oxygen atoms in total. The largest absolute Gasteiger partial charge is 0.336 e. The SMILES string of the molecule is CC(N)C1CCN(C(=O)c2ncn[nH]2)C1. The summed E-state index contributed by atoms with van der Waals surface area (Å²) in [5.41, 5.74) is 5.80. The Balaban J connectivity index is 1.99. The number of rotatable bonds is 2. The predicted molar refractivity (Wildman–Crippen MR) is 54.0 cm³/mol. The van der Waals surface area contributed by atoms with Gasteiger partial charge in [-0.15, -0.1) is 0 Å². The summed E-state index contributed by atoms with van der Waals surface area (Å²) in [7, 11) is 0. The second-order valence-electron chi connectivity index (χ2n) is 3.99. The Hall–Kier alpha value is -1.43. The van der Waals surface area contributed by atoms with Crippen molar-refractivity contribution in [3.63, 3.8) is 0 Å². The fraction of sp³-hybridized carbons (Fsp3) is 0.667. The van der Waals surface area contributed by atoms with Gasteiger partial charge in [0.2, 0.25) is 5.82 Å². The van der Waals surface area contributed by atoms with Crippen LogP contribution in [0.25, 0.3) is 0 Å². The molecule has 2 atom stereocenters. The Kier molecular flexibility index (Phi) is 2.68. The van der Waals surface area contributed by atoms with E-state index >= 15 is 0 Å². The van der Waals surface area contributed by atoms with Crippen molar-refractivity contribution in [1.82, 2.24) is 20.1 Å². The molecule has 82 valence electrons. The summed E-state index contributed by atoms with van der Waals surface area (Å²) in [6.45, 7) is 3.45. The molecule has 0 aliphatic carbocycles. The van der Waals surface area contributed by atoms with E-state index in [0.29, 0.717) is 11.7 Å². The molecule has 1 fully saturated rings. The first-order valence-corrected chi connectivity index (χ1v) is 5.08. The summed E-state index contributed by atoms with van der Waals surface area (Å²) in [4.78, 5) is 17.4. The number of hydrogen-bond acceptors (Lipinski definition) is 4. The van der Waals surface area contributed by atoms with E-state index in [4.69, 9.17) is 5.73 Å². The topological polar surface area (TPSA) is 87.9 Å². The first kappa shape index (κ1) is 10.1. The molecule has 1 aliphatic rings. The van der Waals surface area contributed by atoms with Crippen LogP contribution in [0.15, 0.2) is 6.33 Å². The average molecular weight is 209 g/mol. The third-order valence-corrected chi connectivity index (χ3v) is 2.87. The van der Waals surface area contributed by atoms with Crippen LogP contribution in [0.5, 0.6) is 0 Å². The smallest absolute Gasteiger partial charge is 0.291 e. The number of hydrogen-bond donors (Lipinski definition) is 2. The third kappa shape index (κ3) is 1.99. The van der Waals surface area contributed by atoms with Gasteiger partial charge in [0.15, 0.2) is 0 Å². The van der Waals surface area contributed by atoms with Crippen molar-refractivity contribution in [2.45, 2.75) is 19.4 Å². The van der Waals surface area contributed by atoms with E-state index in [1.165, 1.54) is 6.33 Å². The van der Waals surface area contributed by atoms with Gasteiger partial charge in [-0.2, -0.15) is 5.10 Å². The molecule has 15 heavy (non-hydrogen) atoms. The molecule has 1 aromatic rings. The summed E-state index contributed by atoms with van der Waals surface area (Å²) in [6, 6.07) is 0.137. The van der Waals surface area contributed by atoms with Crippen molar-refractivity contribution in [3.8, 4) is 0 Å². The normalized spacial score (nSPS) is 23.1. The average Bonchev–Trinajstić information content (AvgIpc) is 2.88. The Labute approximate surface area is 87.9 Å². The molecule has 0 saturated carbocycles. The monoisotopic (exact) mass is 209 g/mol. The van der Waals surface area contributed by atoms with Crippen molar-refractivity contribution >= 4 is 5.91 Å². The number of amides is 1. The molecule has 2 heterocycles. The fourth-order valence-electron chi connectivity index (χ4n) is 1.86. The van der Waals surface area contributed by atoms with E-state index < -0.39 is 0 Å². The predicted octanol–water partition coefficient (Wildman–Crippen LogP) is -0.386. The molecule has 2 rings (SSSR count). The number of nitrogens with two attached hydrogens (primary N) is 1. The highest BCUT2D eigenvalue weighted by atomic mass is 16.2. The number of aromatic amines is 1. The lowest BCUT2D eigenvalue weighted by atomic mass is 10.0. The molecule has 1 aromatic heterocycles. The first-order valence-electron chi connectivity index (χ1n) is 5.08. The molecular weight excluding hydrogens is 194 g/mol. The fourth-order valence-corrected chi connectivity index (χ4v) is 1.86. The number of carbonyl (C=O) groups is 1. The lowest BCUT2D eigenvalue weighted by Crippen LogP contribution is -2.33. The lowest BCUT2D eigenvalue weighted by molar-refractivity contribution is 0.0774.